The minimum absolute atomic E-state index is 0.0983. The molecule has 3 heteroatoms. The fourth-order valence-corrected chi connectivity index (χ4v) is 1.26. The van der Waals surface area contributed by atoms with Crippen molar-refractivity contribution in [2.45, 2.75) is 32.8 Å². The predicted octanol–water partition coefficient (Wildman–Crippen LogP) is 2.85. The van der Waals surface area contributed by atoms with Gasteiger partial charge in [-0.25, -0.2) is 9.78 Å². The van der Waals surface area contributed by atoms with Crippen LogP contribution in [0.5, 0.6) is 0 Å². The maximum Gasteiger partial charge on any atom is 0.132 e. The van der Waals surface area contributed by atoms with Crippen molar-refractivity contribution in [2.75, 3.05) is 6.61 Å². The van der Waals surface area contributed by atoms with Gasteiger partial charge in [0.1, 0.15) is 11.4 Å². The van der Waals surface area contributed by atoms with E-state index in [0.717, 1.165) is 5.56 Å². The van der Waals surface area contributed by atoms with E-state index in [9.17, 15) is 4.79 Å². The van der Waals surface area contributed by atoms with Crippen molar-refractivity contribution in [3.63, 3.8) is 0 Å². The standard InChI is InChI=1S/C13H18O3/c1-11(14)9-10-15-16-13(2,3)12-7-5-4-6-8-12/h4-8H,9-10H2,1-3H3. The van der Waals surface area contributed by atoms with Gasteiger partial charge in [-0.3, -0.25) is 4.79 Å². The predicted molar refractivity (Wildman–Crippen MR) is 61.8 cm³/mol. The smallest absolute Gasteiger partial charge is 0.132 e. The summed E-state index contributed by atoms with van der Waals surface area (Å²) in [6, 6.07) is 9.82. The summed E-state index contributed by atoms with van der Waals surface area (Å²) >= 11 is 0. The Balaban J connectivity index is 2.43. The van der Waals surface area contributed by atoms with Crippen LogP contribution in [0.4, 0.5) is 0 Å². The number of carbonyl (C=O) groups excluding carboxylic acids is 1. The average Bonchev–Trinajstić information content (AvgIpc) is 2.26. The van der Waals surface area contributed by atoms with Crippen LogP contribution in [0.25, 0.3) is 0 Å². The van der Waals surface area contributed by atoms with E-state index in [1.165, 1.54) is 6.92 Å². The van der Waals surface area contributed by atoms with Crippen molar-refractivity contribution < 1.29 is 14.6 Å². The summed E-state index contributed by atoms with van der Waals surface area (Å²) in [5.74, 6) is 0.0983. The van der Waals surface area contributed by atoms with E-state index in [1.807, 2.05) is 44.2 Å². The summed E-state index contributed by atoms with van der Waals surface area (Å²) in [4.78, 5) is 21.1. The molecule has 1 rings (SSSR count). The Morgan fingerprint density at radius 3 is 2.44 bits per heavy atom. The van der Waals surface area contributed by atoms with Crippen LogP contribution in [0.3, 0.4) is 0 Å². The quantitative estimate of drug-likeness (QED) is 0.422. The number of carbonyl (C=O) groups is 1. The van der Waals surface area contributed by atoms with Gasteiger partial charge in [-0.15, -0.1) is 0 Å². The van der Waals surface area contributed by atoms with Gasteiger partial charge in [-0.1, -0.05) is 30.3 Å². The van der Waals surface area contributed by atoms with Crippen molar-refractivity contribution >= 4 is 5.78 Å². The highest BCUT2D eigenvalue weighted by atomic mass is 17.2. The topological polar surface area (TPSA) is 35.5 Å². The van der Waals surface area contributed by atoms with Crippen LogP contribution in [0.15, 0.2) is 30.3 Å². The Labute approximate surface area is 96.3 Å². The largest absolute Gasteiger partial charge is 0.300 e. The number of hydrogen-bond acceptors (Lipinski definition) is 3. The molecule has 0 radical (unpaired) electrons. The molecular weight excluding hydrogens is 204 g/mol. The van der Waals surface area contributed by atoms with E-state index in [0.29, 0.717) is 13.0 Å². The van der Waals surface area contributed by atoms with Crippen molar-refractivity contribution in [2.24, 2.45) is 0 Å². The van der Waals surface area contributed by atoms with Gasteiger partial charge < -0.3 is 0 Å². The average molecular weight is 222 g/mol. The lowest BCUT2D eigenvalue weighted by Crippen LogP contribution is -2.22. The number of benzene rings is 1. The Morgan fingerprint density at radius 1 is 1.25 bits per heavy atom. The Kier molecular flexibility index (Phi) is 4.65. The first-order valence-corrected chi connectivity index (χ1v) is 5.38. The van der Waals surface area contributed by atoms with Gasteiger partial charge in [-0.05, 0) is 26.3 Å². The third kappa shape index (κ3) is 4.13. The van der Waals surface area contributed by atoms with Gasteiger partial charge >= 0.3 is 0 Å². The van der Waals surface area contributed by atoms with Crippen LogP contribution < -0.4 is 0 Å². The summed E-state index contributed by atoms with van der Waals surface area (Å²) in [6.45, 7) is 5.68. The first kappa shape index (κ1) is 12.9. The van der Waals surface area contributed by atoms with E-state index < -0.39 is 5.60 Å². The van der Waals surface area contributed by atoms with Crippen LogP contribution in [0.1, 0.15) is 32.8 Å². The lowest BCUT2D eigenvalue weighted by Gasteiger charge is -2.23. The molecule has 0 aliphatic heterocycles. The molecule has 1 aromatic rings. The van der Waals surface area contributed by atoms with Crippen molar-refractivity contribution in [3.05, 3.63) is 35.9 Å². The second-order valence-electron chi connectivity index (χ2n) is 4.23. The minimum Gasteiger partial charge on any atom is -0.300 e. The van der Waals surface area contributed by atoms with E-state index in [1.54, 1.807) is 0 Å². The Morgan fingerprint density at radius 2 is 1.88 bits per heavy atom. The van der Waals surface area contributed by atoms with Crippen LogP contribution >= 0.6 is 0 Å². The molecule has 0 N–H and O–H groups in total. The summed E-state index contributed by atoms with van der Waals surface area (Å²) in [5.41, 5.74) is 0.538. The third-order valence-corrected chi connectivity index (χ3v) is 2.27. The van der Waals surface area contributed by atoms with Gasteiger partial charge in [0.15, 0.2) is 0 Å². The molecule has 0 atom stereocenters. The lowest BCUT2D eigenvalue weighted by molar-refractivity contribution is -0.357. The van der Waals surface area contributed by atoms with Crippen molar-refractivity contribution in [3.8, 4) is 0 Å². The number of rotatable bonds is 6. The highest BCUT2D eigenvalue weighted by Crippen LogP contribution is 2.24. The summed E-state index contributed by atoms with van der Waals surface area (Å²) < 4.78 is 0. The Hall–Kier alpha value is -1.19. The number of ketones is 1. The van der Waals surface area contributed by atoms with Gasteiger partial charge in [0.2, 0.25) is 0 Å². The molecule has 0 aliphatic rings. The molecule has 0 spiro atoms. The van der Waals surface area contributed by atoms with Crippen LogP contribution in [0, 0.1) is 0 Å². The second kappa shape index (κ2) is 5.77. The fourth-order valence-electron chi connectivity index (χ4n) is 1.26. The van der Waals surface area contributed by atoms with Crippen LogP contribution in [-0.4, -0.2) is 12.4 Å². The molecule has 1 aromatic carbocycles. The third-order valence-electron chi connectivity index (χ3n) is 2.27. The van der Waals surface area contributed by atoms with E-state index in [2.05, 4.69) is 0 Å². The van der Waals surface area contributed by atoms with Crippen LogP contribution in [-0.2, 0) is 20.2 Å². The van der Waals surface area contributed by atoms with Gasteiger partial charge in [-0.2, -0.15) is 0 Å². The molecule has 0 aromatic heterocycles. The summed E-state index contributed by atoms with van der Waals surface area (Å²) in [6.07, 6.45) is 0.380. The maximum absolute atomic E-state index is 10.7. The normalized spacial score (nSPS) is 11.4. The maximum atomic E-state index is 10.7. The molecule has 0 fully saturated rings. The second-order valence-corrected chi connectivity index (χ2v) is 4.23. The van der Waals surface area contributed by atoms with Crippen LogP contribution in [0.2, 0.25) is 0 Å². The highest BCUT2D eigenvalue weighted by molar-refractivity contribution is 5.75. The van der Waals surface area contributed by atoms with Gasteiger partial charge in [0.05, 0.1) is 6.61 Å². The summed E-state index contributed by atoms with van der Waals surface area (Å²) in [5, 5.41) is 0. The van der Waals surface area contributed by atoms with E-state index >= 15 is 0 Å². The van der Waals surface area contributed by atoms with Gasteiger partial charge in [0, 0.05) is 6.42 Å². The molecule has 0 saturated heterocycles. The zero-order valence-electron chi connectivity index (χ0n) is 10.0. The molecule has 88 valence electrons. The molecule has 0 amide bonds. The Bertz CT molecular complexity index is 330. The first-order valence-electron chi connectivity index (χ1n) is 5.38. The molecule has 0 heterocycles. The number of Topliss-reactive ketones (excluding diaryl/α,β-unsaturated/α-hetero) is 1. The highest BCUT2D eigenvalue weighted by Gasteiger charge is 2.22. The molecule has 0 unspecified atom stereocenters. The molecule has 0 aliphatic carbocycles. The van der Waals surface area contributed by atoms with E-state index in [-0.39, 0.29) is 5.78 Å². The zero-order chi connectivity index (χ0) is 12.0. The monoisotopic (exact) mass is 222 g/mol. The lowest BCUT2D eigenvalue weighted by atomic mass is 9.99. The zero-order valence-corrected chi connectivity index (χ0v) is 10.0. The minimum atomic E-state index is -0.502. The number of hydrogen-bond donors (Lipinski definition) is 0. The molecular formula is C13H18O3. The van der Waals surface area contributed by atoms with E-state index in [4.69, 9.17) is 9.78 Å². The summed E-state index contributed by atoms with van der Waals surface area (Å²) in [7, 11) is 0. The molecule has 16 heavy (non-hydrogen) atoms. The first-order chi connectivity index (χ1) is 7.52. The SMILES string of the molecule is CC(=O)CCOOC(C)(C)c1ccccc1. The fraction of sp³-hybridized carbons (Fsp3) is 0.462. The van der Waals surface area contributed by atoms with Gasteiger partial charge in [0.25, 0.3) is 0 Å². The van der Waals surface area contributed by atoms with Crippen molar-refractivity contribution in [1.82, 2.24) is 0 Å². The molecule has 0 bridgehead atoms. The molecule has 0 saturated carbocycles. The van der Waals surface area contributed by atoms with Crippen molar-refractivity contribution in [1.29, 1.82) is 0 Å². The molecule has 3 nitrogen and oxygen atoms in total.